The zero-order chi connectivity index (χ0) is 7.98. The number of urea groups is 1. The number of carbonyl (C=O) groups excluding carboxylic acids is 2. The monoisotopic (exact) mass is 144 g/mol. The van der Waals surface area contributed by atoms with Crippen molar-refractivity contribution in [3.8, 4) is 0 Å². The molecule has 0 fully saturated rings. The summed E-state index contributed by atoms with van der Waals surface area (Å²) in [6.07, 6.45) is 0.639. The molecular weight excluding hydrogens is 132 g/mol. The maximum Gasteiger partial charge on any atom is 0.315 e. The highest BCUT2D eigenvalue weighted by atomic mass is 16.2. The molecular formula is C6H12N2O2. The first-order valence-electron chi connectivity index (χ1n) is 3.15. The molecule has 0 rings (SSSR count). The van der Waals surface area contributed by atoms with E-state index < -0.39 is 0 Å². The van der Waals surface area contributed by atoms with Crippen molar-refractivity contribution in [2.24, 2.45) is 0 Å². The van der Waals surface area contributed by atoms with Gasteiger partial charge in [-0.3, -0.25) is 0 Å². The third kappa shape index (κ3) is 5.08. The van der Waals surface area contributed by atoms with Gasteiger partial charge < -0.3 is 15.4 Å². The lowest BCUT2D eigenvalue weighted by Gasteiger charge is -2.07. The Labute approximate surface area is 60.0 Å². The fraction of sp³-hybridized carbons (Fsp3) is 0.667. The van der Waals surface area contributed by atoms with Crippen molar-refractivity contribution in [3.05, 3.63) is 0 Å². The predicted octanol–water partition coefficient (Wildman–Crippen LogP) is -0.107. The Balaban J connectivity index is 3.34. The summed E-state index contributed by atoms with van der Waals surface area (Å²) in [5, 5.41) is 4.91. The van der Waals surface area contributed by atoms with Crippen molar-refractivity contribution in [1.82, 2.24) is 10.6 Å². The molecule has 4 heteroatoms. The standard InChI is InChI=1S/C6H12N2O2/c1-5(2)8-6(10)7-3-4-9/h4-5H,3H2,1-2H3,(H2,7,8,10). The molecule has 0 aromatic carbocycles. The molecule has 0 heterocycles. The van der Waals surface area contributed by atoms with Crippen LogP contribution in [0.3, 0.4) is 0 Å². The van der Waals surface area contributed by atoms with E-state index >= 15 is 0 Å². The molecule has 0 spiro atoms. The Hall–Kier alpha value is -1.06. The Kier molecular flexibility index (Phi) is 4.28. The number of carbonyl (C=O) groups is 2. The van der Waals surface area contributed by atoms with E-state index in [0.717, 1.165) is 0 Å². The topological polar surface area (TPSA) is 58.2 Å². The summed E-state index contributed by atoms with van der Waals surface area (Å²) in [5.41, 5.74) is 0. The van der Waals surface area contributed by atoms with Gasteiger partial charge in [0.15, 0.2) is 0 Å². The van der Waals surface area contributed by atoms with Crippen LogP contribution >= 0.6 is 0 Å². The molecule has 2 amide bonds. The van der Waals surface area contributed by atoms with Gasteiger partial charge in [-0.2, -0.15) is 0 Å². The van der Waals surface area contributed by atoms with Crippen molar-refractivity contribution >= 4 is 12.3 Å². The molecule has 4 nitrogen and oxygen atoms in total. The molecule has 0 aliphatic carbocycles. The van der Waals surface area contributed by atoms with Gasteiger partial charge in [0, 0.05) is 6.04 Å². The maximum absolute atomic E-state index is 10.6. The lowest BCUT2D eigenvalue weighted by molar-refractivity contribution is -0.107. The van der Waals surface area contributed by atoms with Crippen LogP contribution in [0.4, 0.5) is 4.79 Å². The van der Waals surface area contributed by atoms with Gasteiger partial charge in [0.05, 0.1) is 6.54 Å². The van der Waals surface area contributed by atoms with Gasteiger partial charge in [-0.05, 0) is 13.8 Å². The van der Waals surface area contributed by atoms with E-state index in [-0.39, 0.29) is 18.6 Å². The van der Waals surface area contributed by atoms with Crippen LogP contribution in [-0.4, -0.2) is 24.9 Å². The Bertz CT molecular complexity index is 123. The second-order valence-electron chi connectivity index (χ2n) is 2.18. The van der Waals surface area contributed by atoms with E-state index in [1.165, 1.54) is 0 Å². The van der Waals surface area contributed by atoms with Crippen LogP contribution in [-0.2, 0) is 4.79 Å². The molecule has 0 aliphatic heterocycles. The predicted molar refractivity (Wildman–Crippen MR) is 37.7 cm³/mol. The molecule has 0 saturated heterocycles. The van der Waals surface area contributed by atoms with E-state index in [2.05, 4.69) is 10.6 Å². The summed E-state index contributed by atoms with van der Waals surface area (Å²) < 4.78 is 0. The molecule has 10 heavy (non-hydrogen) atoms. The SMILES string of the molecule is CC(C)NC(=O)NCC=O. The highest BCUT2D eigenvalue weighted by molar-refractivity contribution is 5.76. The molecule has 0 aliphatic rings. The molecule has 0 radical (unpaired) electrons. The minimum Gasteiger partial charge on any atom is -0.336 e. The smallest absolute Gasteiger partial charge is 0.315 e. The third-order valence-electron chi connectivity index (χ3n) is 0.766. The summed E-state index contributed by atoms with van der Waals surface area (Å²) in [7, 11) is 0. The van der Waals surface area contributed by atoms with Gasteiger partial charge in [0.25, 0.3) is 0 Å². The molecule has 0 atom stereocenters. The summed E-state index contributed by atoms with van der Waals surface area (Å²) >= 11 is 0. The fourth-order valence-corrected chi connectivity index (χ4v) is 0.448. The molecule has 0 aromatic heterocycles. The van der Waals surface area contributed by atoms with Gasteiger partial charge in [-0.1, -0.05) is 0 Å². The summed E-state index contributed by atoms with van der Waals surface area (Å²) in [5.74, 6) is 0. The minimum absolute atomic E-state index is 0.0680. The zero-order valence-corrected chi connectivity index (χ0v) is 6.18. The van der Waals surface area contributed by atoms with Gasteiger partial charge in [0.2, 0.25) is 0 Å². The summed E-state index contributed by atoms with van der Waals surface area (Å²) in [6.45, 7) is 3.76. The zero-order valence-electron chi connectivity index (χ0n) is 6.18. The number of rotatable bonds is 3. The van der Waals surface area contributed by atoms with Crippen LogP contribution in [0, 0.1) is 0 Å². The Morgan fingerprint density at radius 3 is 2.60 bits per heavy atom. The Morgan fingerprint density at radius 2 is 2.20 bits per heavy atom. The van der Waals surface area contributed by atoms with Crippen molar-refractivity contribution in [1.29, 1.82) is 0 Å². The second-order valence-corrected chi connectivity index (χ2v) is 2.18. The number of aldehydes is 1. The summed E-state index contributed by atoms with van der Waals surface area (Å²) in [4.78, 5) is 20.4. The van der Waals surface area contributed by atoms with E-state index in [1.54, 1.807) is 0 Å². The number of amides is 2. The summed E-state index contributed by atoms with van der Waals surface area (Å²) in [6, 6.07) is -0.200. The van der Waals surface area contributed by atoms with Gasteiger partial charge in [0.1, 0.15) is 6.29 Å². The van der Waals surface area contributed by atoms with Crippen LogP contribution < -0.4 is 10.6 Å². The largest absolute Gasteiger partial charge is 0.336 e. The average molecular weight is 144 g/mol. The third-order valence-corrected chi connectivity index (χ3v) is 0.766. The molecule has 58 valence electrons. The van der Waals surface area contributed by atoms with Crippen molar-refractivity contribution in [2.45, 2.75) is 19.9 Å². The molecule has 0 aromatic rings. The van der Waals surface area contributed by atoms with Crippen LogP contribution in [0.2, 0.25) is 0 Å². The van der Waals surface area contributed by atoms with E-state index in [1.807, 2.05) is 13.8 Å². The highest BCUT2D eigenvalue weighted by Gasteiger charge is 1.98. The van der Waals surface area contributed by atoms with Crippen molar-refractivity contribution in [2.75, 3.05) is 6.54 Å². The second kappa shape index (κ2) is 4.78. The normalized spacial score (nSPS) is 9.10. The quantitative estimate of drug-likeness (QED) is 0.543. The lowest BCUT2D eigenvalue weighted by Crippen LogP contribution is -2.40. The number of hydrogen-bond acceptors (Lipinski definition) is 2. The lowest BCUT2D eigenvalue weighted by atomic mass is 10.4. The highest BCUT2D eigenvalue weighted by Crippen LogP contribution is 1.74. The molecule has 2 N–H and O–H groups in total. The van der Waals surface area contributed by atoms with Crippen LogP contribution in [0.15, 0.2) is 0 Å². The number of hydrogen-bond donors (Lipinski definition) is 2. The van der Waals surface area contributed by atoms with Crippen LogP contribution in [0.1, 0.15) is 13.8 Å². The van der Waals surface area contributed by atoms with Gasteiger partial charge in [-0.25, -0.2) is 4.79 Å². The average Bonchev–Trinajstić information content (AvgIpc) is 1.82. The first-order chi connectivity index (χ1) is 4.66. The molecule has 0 unspecified atom stereocenters. The maximum atomic E-state index is 10.6. The Morgan fingerprint density at radius 1 is 1.60 bits per heavy atom. The van der Waals surface area contributed by atoms with Crippen molar-refractivity contribution < 1.29 is 9.59 Å². The van der Waals surface area contributed by atoms with Crippen LogP contribution in [0.25, 0.3) is 0 Å². The fourth-order valence-electron chi connectivity index (χ4n) is 0.448. The van der Waals surface area contributed by atoms with E-state index in [0.29, 0.717) is 6.29 Å². The van der Waals surface area contributed by atoms with E-state index in [9.17, 15) is 9.59 Å². The number of nitrogens with one attached hydrogen (secondary N) is 2. The van der Waals surface area contributed by atoms with Crippen LogP contribution in [0.5, 0.6) is 0 Å². The molecule has 0 saturated carbocycles. The first kappa shape index (κ1) is 8.94. The van der Waals surface area contributed by atoms with Crippen molar-refractivity contribution in [3.63, 3.8) is 0 Å². The minimum atomic E-state index is -0.304. The van der Waals surface area contributed by atoms with Gasteiger partial charge in [-0.15, -0.1) is 0 Å². The van der Waals surface area contributed by atoms with E-state index in [4.69, 9.17) is 0 Å². The first-order valence-corrected chi connectivity index (χ1v) is 3.15. The van der Waals surface area contributed by atoms with Gasteiger partial charge >= 0.3 is 6.03 Å². The molecule has 0 bridgehead atoms.